The van der Waals surface area contributed by atoms with Crippen molar-refractivity contribution in [2.75, 3.05) is 52.0 Å². The van der Waals surface area contributed by atoms with Crippen LogP contribution in [0.4, 0.5) is 6.01 Å². The van der Waals surface area contributed by atoms with Gasteiger partial charge in [-0.05, 0) is 13.0 Å². The molecule has 0 radical (unpaired) electrons. The lowest BCUT2D eigenvalue weighted by molar-refractivity contribution is 0.190. The first kappa shape index (κ1) is 15.9. The summed E-state index contributed by atoms with van der Waals surface area (Å²) in [5.74, 6) is 0. The second-order valence-corrected chi connectivity index (χ2v) is 4.23. The van der Waals surface area contributed by atoms with Crippen LogP contribution in [0.1, 0.15) is 19.0 Å². The molecule has 0 unspecified atom stereocenters. The fraction of sp³-hybridized carbons (Fsp3) is 0.769. The van der Waals surface area contributed by atoms with E-state index in [1.165, 1.54) is 0 Å². The Kier molecular flexibility index (Phi) is 8.20. The highest BCUT2D eigenvalue weighted by Gasteiger charge is 2.12. The number of hydrogen-bond donors (Lipinski definition) is 1. The number of nitrogens with one attached hydrogen (secondary N) is 1. The van der Waals surface area contributed by atoms with E-state index in [0.717, 1.165) is 44.9 Å². The van der Waals surface area contributed by atoms with Crippen molar-refractivity contribution < 1.29 is 13.9 Å². The van der Waals surface area contributed by atoms with Gasteiger partial charge < -0.3 is 24.1 Å². The van der Waals surface area contributed by atoms with Crippen molar-refractivity contribution in [2.24, 2.45) is 0 Å². The minimum Gasteiger partial charge on any atom is -0.432 e. The van der Waals surface area contributed by atoms with Gasteiger partial charge in [-0.15, -0.1) is 0 Å². The number of aromatic nitrogens is 1. The second-order valence-electron chi connectivity index (χ2n) is 4.23. The topological polar surface area (TPSA) is 59.8 Å². The zero-order chi connectivity index (χ0) is 13.9. The summed E-state index contributed by atoms with van der Waals surface area (Å²) in [6.07, 6.45) is 2.64. The van der Waals surface area contributed by atoms with E-state index in [-0.39, 0.29) is 0 Å². The molecule has 0 spiro atoms. The average molecular weight is 271 g/mol. The Morgan fingerprint density at radius 2 is 2.05 bits per heavy atom. The van der Waals surface area contributed by atoms with Gasteiger partial charge in [0.05, 0.1) is 12.3 Å². The van der Waals surface area contributed by atoms with Crippen LogP contribution in [0.5, 0.6) is 0 Å². The van der Waals surface area contributed by atoms with E-state index >= 15 is 0 Å². The molecule has 0 saturated heterocycles. The van der Waals surface area contributed by atoms with Gasteiger partial charge in [0.1, 0.15) is 6.26 Å². The summed E-state index contributed by atoms with van der Waals surface area (Å²) in [7, 11) is 3.40. The predicted octanol–water partition coefficient (Wildman–Crippen LogP) is 1.27. The Bertz CT molecular complexity index is 331. The van der Waals surface area contributed by atoms with Crippen molar-refractivity contribution in [1.82, 2.24) is 10.3 Å². The maximum atomic E-state index is 5.53. The van der Waals surface area contributed by atoms with Crippen LogP contribution in [0, 0.1) is 0 Å². The summed E-state index contributed by atoms with van der Waals surface area (Å²) in [6, 6.07) is 0.654. The molecule has 110 valence electrons. The van der Waals surface area contributed by atoms with Gasteiger partial charge in [-0.1, -0.05) is 6.92 Å². The smallest absolute Gasteiger partial charge is 0.297 e. The summed E-state index contributed by atoms with van der Waals surface area (Å²) >= 11 is 0. The molecule has 0 aliphatic rings. The third-order valence-corrected chi connectivity index (χ3v) is 2.71. The highest BCUT2D eigenvalue weighted by Crippen LogP contribution is 2.14. The van der Waals surface area contributed by atoms with Crippen molar-refractivity contribution >= 4 is 6.01 Å². The normalized spacial score (nSPS) is 10.9. The van der Waals surface area contributed by atoms with Gasteiger partial charge in [0.25, 0.3) is 6.01 Å². The predicted molar refractivity (Wildman–Crippen MR) is 74.5 cm³/mol. The maximum absolute atomic E-state index is 5.53. The molecule has 1 rings (SSSR count). The molecule has 0 aliphatic carbocycles. The Labute approximate surface area is 115 Å². The van der Waals surface area contributed by atoms with E-state index in [1.807, 2.05) is 0 Å². The SMILES string of the molecule is CCNCc1coc(N(CCCOC)CCOC)n1. The molecule has 0 aliphatic heterocycles. The van der Waals surface area contributed by atoms with Gasteiger partial charge in [-0.2, -0.15) is 4.98 Å². The number of oxazole rings is 1. The molecule has 6 heteroatoms. The van der Waals surface area contributed by atoms with Crippen LogP contribution in [-0.4, -0.2) is 52.1 Å². The number of anilines is 1. The monoisotopic (exact) mass is 271 g/mol. The summed E-state index contributed by atoms with van der Waals surface area (Å²) in [5.41, 5.74) is 0.922. The number of nitrogens with zero attached hydrogens (tertiary/aromatic N) is 2. The molecule has 1 N–H and O–H groups in total. The molecule has 0 atom stereocenters. The van der Waals surface area contributed by atoms with Crippen LogP contribution in [0.25, 0.3) is 0 Å². The van der Waals surface area contributed by atoms with Gasteiger partial charge in [0, 0.05) is 40.5 Å². The first-order chi connectivity index (χ1) is 9.31. The molecule has 1 heterocycles. The molecule has 0 bridgehead atoms. The van der Waals surface area contributed by atoms with Crippen LogP contribution < -0.4 is 10.2 Å². The van der Waals surface area contributed by atoms with E-state index in [2.05, 4.69) is 22.1 Å². The van der Waals surface area contributed by atoms with E-state index in [4.69, 9.17) is 13.9 Å². The van der Waals surface area contributed by atoms with Gasteiger partial charge >= 0.3 is 0 Å². The molecule has 0 aromatic carbocycles. The molecule has 6 nitrogen and oxygen atoms in total. The summed E-state index contributed by atoms with van der Waals surface area (Å²) in [5, 5.41) is 3.23. The summed E-state index contributed by atoms with van der Waals surface area (Å²) in [6.45, 7) is 6.71. The highest BCUT2D eigenvalue weighted by atomic mass is 16.5. The maximum Gasteiger partial charge on any atom is 0.297 e. The molecular formula is C13H25N3O3. The quantitative estimate of drug-likeness (QED) is 0.612. The Morgan fingerprint density at radius 3 is 2.74 bits per heavy atom. The van der Waals surface area contributed by atoms with Crippen LogP contribution in [-0.2, 0) is 16.0 Å². The fourth-order valence-electron chi connectivity index (χ4n) is 1.68. The minimum absolute atomic E-state index is 0.651. The Hall–Kier alpha value is -1.11. The molecule has 0 amide bonds. The molecule has 0 fully saturated rings. The third-order valence-electron chi connectivity index (χ3n) is 2.71. The zero-order valence-electron chi connectivity index (χ0n) is 12.1. The van der Waals surface area contributed by atoms with Crippen molar-refractivity contribution in [2.45, 2.75) is 19.9 Å². The summed E-state index contributed by atoms with van der Waals surface area (Å²) in [4.78, 5) is 6.56. The molecule has 1 aromatic heterocycles. The Balaban J connectivity index is 2.53. The Morgan fingerprint density at radius 1 is 1.26 bits per heavy atom. The van der Waals surface area contributed by atoms with Gasteiger partial charge in [-0.25, -0.2) is 0 Å². The highest BCUT2D eigenvalue weighted by molar-refractivity contribution is 5.26. The van der Waals surface area contributed by atoms with E-state index < -0.39 is 0 Å². The number of rotatable bonds is 11. The molecule has 0 saturated carbocycles. The van der Waals surface area contributed by atoms with Gasteiger partial charge in [-0.3, -0.25) is 0 Å². The van der Waals surface area contributed by atoms with Crippen molar-refractivity contribution in [3.63, 3.8) is 0 Å². The number of ether oxygens (including phenoxy) is 2. The lowest BCUT2D eigenvalue weighted by Crippen LogP contribution is -2.29. The third kappa shape index (κ3) is 6.04. The standard InChI is InChI=1S/C13H25N3O3/c1-4-14-10-12-11-19-13(15-12)16(7-9-18-3)6-5-8-17-2/h11,14H,4-10H2,1-3H3. The first-order valence-electron chi connectivity index (χ1n) is 6.69. The number of hydrogen-bond acceptors (Lipinski definition) is 6. The van der Waals surface area contributed by atoms with Gasteiger partial charge in [0.15, 0.2) is 0 Å². The van der Waals surface area contributed by atoms with Crippen LogP contribution in [0.2, 0.25) is 0 Å². The van der Waals surface area contributed by atoms with Crippen LogP contribution in [0.3, 0.4) is 0 Å². The minimum atomic E-state index is 0.651. The van der Waals surface area contributed by atoms with Crippen LogP contribution >= 0.6 is 0 Å². The fourth-order valence-corrected chi connectivity index (χ4v) is 1.68. The van der Waals surface area contributed by atoms with Crippen molar-refractivity contribution in [1.29, 1.82) is 0 Å². The van der Waals surface area contributed by atoms with E-state index in [0.29, 0.717) is 12.6 Å². The zero-order valence-corrected chi connectivity index (χ0v) is 12.1. The number of methoxy groups -OCH3 is 2. The lowest BCUT2D eigenvalue weighted by atomic mass is 10.4. The van der Waals surface area contributed by atoms with Gasteiger partial charge in [0.2, 0.25) is 0 Å². The van der Waals surface area contributed by atoms with E-state index in [1.54, 1.807) is 20.5 Å². The molecular weight excluding hydrogens is 246 g/mol. The second kappa shape index (κ2) is 9.77. The van der Waals surface area contributed by atoms with E-state index in [9.17, 15) is 0 Å². The largest absolute Gasteiger partial charge is 0.432 e. The molecule has 19 heavy (non-hydrogen) atoms. The first-order valence-corrected chi connectivity index (χ1v) is 6.69. The van der Waals surface area contributed by atoms with Crippen LogP contribution in [0.15, 0.2) is 10.7 Å². The van der Waals surface area contributed by atoms with Crippen molar-refractivity contribution in [3.05, 3.63) is 12.0 Å². The molecule has 1 aromatic rings. The summed E-state index contributed by atoms with van der Waals surface area (Å²) < 4.78 is 15.7. The lowest BCUT2D eigenvalue weighted by Gasteiger charge is -2.19. The van der Waals surface area contributed by atoms with Crippen molar-refractivity contribution in [3.8, 4) is 0 Å². The average Bonchev–Trinajstić information content (AvgIpc) is 2.89.